The highest BCUT2D eigenvalue weighted by atomic mass is 32.1. The lowest BCUT2D eigenvalue weighted by atomic mass is 10.2. The first kappa shape index (κ1) is 14.6. The highest BCUT2D eigenvalue weighted by Gasteiger charge is 2.12. The summed E-state index contributed by atoms with van der Waals surface area (Å²) in [7, 11) is 0. The summed E-state index contributed by atoms with van der Waals surface area (Å²) in [5.41, 5.74) is 2.55. The third-order valence-corrected chi connectivity index (χ3v) is 4.38. The number of furan rings is 1. The first-order valence-electron chi connectivity index (χ1n) is 7.37. The summed E-state index contributed by atoms with van der Waals surface area (Å²) in [5, 5.41) is 6.54. The van der Waals surface area contributed by atoms with Crippen molar-refractivity contribution in [3.05, 3.63) is 54.0 Å². The van der Waals surface area contributed by atoms with Gasteiger partial charge in [-0.1, -0.05) is 18.2 Å². The van der Waals surface area contributed by atoms with Gasteiger partial charge in [0.15, 0.2) is 5.76 Å². The summed E-state index contributed by atoms with van der Waals surface area (Å²) < 4.78 is 5.85. The second-order valence-corrected chi connectivity index (χ2v) is 6.16. The minimum atomic E-state index is -0.151. The SMILES string of the molecule is CC(=O)Nc1cc(-c2nc(-c3cc4ccccc4o3)cs2)ccn1. The van der Waals surface area contributed by atoms with Crippen LogP contribution in [0, 0.1) is 0 Å². The number of carbonyl (C=O) groups excluding carboxylic acids is 1. The van der Waals surface area contributed by atoms with Crippen molar-refractivity contribution in [2.24, 2.45) is 0 Å². The van der Waals surface area contributed by atoms with Gasteiger partial charge in [-0.15, -0.1) is 11.3 Å². The van der Waals surface area contributed by atoms with Crippen LogP contribution in [0.2, 0.25) is 0 Å². The monoisotopic (exact) mass is 335 g/mol. The van der Waals surface area contributed by atoms with Crippen molar-refractivity contribution in [2.75, 3.05) is 5.32 Å². The molecule has 1 aromatic carbocycles. The van der Waals surface area contributed by atoms with Crippen molar-refractivity contribution in [3.8, 4) is 22.0 Å². The van der Waals surface area contributed by atoms with Crippen LogP contribution in [-0.4, -0.2) is 15.9 Å². The first-order chi connectivity index (χ1) is 11.7. The standard InChI is InChI=1S/C18H13N3O2S/c1-11(22)20-17-9-13(6-7-19-17)18-21-14(10-24-18)16-8-12-4-2-3-5-15(12)23-16/h2-10H,1H3,(H,19,20,22). The molecule has 3 heterocycles. The molecular formula is C18H13N3O2S. The molecule has 0 bridgehead atoms. The fourth-order valence-electron chi connectivity index (χ4n) is 2.44. The Morgan fingerprint density at radius 1 is 1.21 bits per heavy atom. The van der Waals surface area contributed by atoms with Crippen molar-refractivity contribution in [2.45, 2.75) is 6.92 Å². The molecule has 1 N–H and O–H groups in total. The van der Waals surface area contributed by atoms with Crippen LogP contribution in [0.4, 0.5) is 5.82 Å². The third-order valence-electron chi connectivity index (χ3n) is 3.49. The molecule has 0 saturated heterocycles. The quantitative estimate of drug-likeness (QED) is 0.595. The number of benzene rings is 1. The number of nitrogens with zero attached hydrogens (tertiary/aromatic N) is 2. The second-order valence-electron chi connectivity index (χ2n) is 5.30. The largest absolute Gasteiger partial charge is 0.454 e. The van der Waals surface area contributed by atoms with Gasteiger partial charge < -0.3 is 9.73 Å². The van der Waals surface area contributed by atoms with Crippen molar-refractivity contribution < 1.29 is 9.21 Å². The van der Waals surface area contributed by atoms with Gasteiger partial charge in [-0.25, -0.2) is 9.97 Å². The number of amides is 1. The number of aromatic nitrogens is 2. The summed E-state index contributed by atoms with van der Waals surface area (Å²) >= 11 is 1.52. The van der Waals surface area contributed by atoms with E-state index in [0.717, 1.165) is 33.0 Å². The van der Waals surface area contributed by atoms with Crippen LogP contribution in [0.3, 0.4) is 0 Å². The highest BCUT2D eigenvalue weighted by molar-refractivity contribution is 7.13. The number of thiazole rings is 1. The Labute approximate surface area is 142 Å². The van der Waals surface area contributed by atoms with E-state index in [1.165, 1.54) is 18.3 Å². The second kappa shape index (κ2) is 5.90. The number of carbonyl (C=O) groups is 1. The molecule has 0 aliphatic rings. The van der Waals surface area contributed by atoms with Gasteiger partial charge in [-0.3, -0.25) is 4.79 Å². The average molecular weight is 335 g/mol. The molecule has 0 aliphatic carbocycles. The zero-order chi connectivity index (χ0) is 16.5. The molecule has 6 heteroatoms. The molecule has 0 spiro atoms. The lowest BCUT2D eigenvalue weighted by Gasteiger charge is -2.02. The predicted octanol–water partition coefficient (Wildman–Crippen LogP) is 4.58. The molecule has 0 radical (unpaired) electrons. The van der Waals surface area contributed by atoms with Crippen molar-refractivity contribution in [1.29, 1.82) is 0 Å². The Morgan fingerprint density at radius 3 is 2.92 bits per heavy atom. The number of hydrogen-bond acceptors (Lipinski definition) is 5. The van der Waals surface area contributed by atoms with Crippen LogP contribution < -0.4 is 5.32 Å². The van der Waals surface area contributed by atoms with E-state index in [4.69, 9.17) is 4.42 Å². The average Bonchev–Trinajstić information content (AvgIpc) is 3.21. The molecule has 118 valence electrons. The number of rotatable bonds is 3. The van der Waals surface area contributed by atoms with E-state index >= 15 is 0 Å². The van der Waals surface area contributed by atoms with Crippen molar-refractivity contribution >= 4 is 34.0 Å². The Morgan fingerprint density at radius 2 is 2.08 bits per heavy atom. The number of fused-ring (bicyclic) bond motifs is 1. The van der Waals surface area contributed by atoms with E-state index < -0.39 is 0 Å². The highest BCUT2D eigenvalue weighted by Crippen LogP contribution is 2.32. The van der Waals surface area contributed by atoms with Gasteiger partial charge in [0.25, 0.3) is 0 Å². The van der Waals surface area contributed by atoms with E-state index in [9.17, 15) is 4.79 Å². The maximum absolute atomic E-state index is 11.2. The maximum atomic E-state index is 11.2. The van der Waals surface area contributed by atoms with Crippen LogP contribution in [0.25, 0.3) is 33.0 Å². The van der Waals surface area contributed by atoms with Gasteiger partial charge in [-0.05, 0) is 24.3 Å². The smallest absolute Gasteiger partial charge is 0.222 e. The van der Waals surface area contributed by atoms with E-state index in [0.29, 0.717) is 5.82 Å². The molecule has 4 rings (SSSR count). The van der Waals surface area contributed by atoms with Gasteiger partial charge in [0.1, 0.15) is 22.1 Å². The number of anilines is 1. The van der Waals surface area contributed by atoms with Gasteiger partial charge >= 0.3 is 0 Å². The fraction of sp³-hybridized carbons (Fsp3) is 0.0556. The lowest BCUT2D eigenvalue weighted by Crippen LogP contribution is -2.07. The van der Waals surface area contributed by atoms with Gasteiger partial charge in [0.2, 0.25) is 5.91 Å². The van der Waals surface area contributed by atoms with Gasteiger partial charge in [-0.2, -0.15) is 0 Å². The first-order valence-corrected chi connectivity index (χ1v) is 8.25. The number of para-hydroxylation sites is 1. The minimum Gasteiger partial charge on any atom is -0.454 e. The molecule has 0 saturated carbocycles. The molecule has 0 atom stereocenters. The number of hydrogen-bond donors (Lipinski definition) is 1. The third kappa shape index (κ3) is 2.79. The maximum Gasteiger partial charge on any atom is 0.222 e. The lowest BCUT2D eigenvalue weighted by molar-refractivity contribution is -0.114. The molecule has 0 fully saturated rings. The topological polar surface area (TPSA) is 68.0 Å². The molecule has 0 aliphatic heterocycles. The van der Waals surface area contributed by atoms with E-state index in [-0.39, 0.29) is 5.91 Å². The summed E-state index contributed by atoms with van der Waals surface area (Å²) in [6, 6.07) is 13.5. The van der Waals surface area contributed by atoms with Crippen molar-refractivity contribution in [3.63, 3.8) is 0 Å². The molecule has 3 aromatic heterocycles. The van der Waals surface area contributed by atoms with E-state index in [1.54, 1.807) is 6.20 Å². The zero-order valence-electron chi connectivity index (χ0n) is 12.8. The van der Waals surface area contributed by atoms with Crippen LogP contribution in [0.1, 0.15) is 6.92 Å². The van der Waals surface area contributed by atoms with Crippen LogP contribution in [0.5, 0.6) is 0 Å². The number of nitrogens with one attached hydrogen (secondary N) is 1. The van der Waals surface area contributed by atoms with Gasteiger partial charge in [0, 0.05) is 29.5 Å². The van der Waals surface area contributed by atoms with Crippen LogP contribution in [0.15, 0.2) is 58.5 Å². The molecule has 5 nitrogen and oxygen atoms in total. The summed E-state index contributed by atoms with van der Waals surface area (Å²) in [5.74, 6) is 1.11. The Hall–Kier alpha value is -2.99. The molecule has 24 heavy (non-hydrogen) atoms. The normalized spacial score (nSPS) is 10.9. The molecule has 1 amide bonds. The Balaban J connectivity index is 1.68. The van der Waals surface area contributed by atoms with Crippen LogP contribution in [-0.2, 0) is 4.79 Å². The van der Waals surface area contributed by atoms with Crippen molar-refractivity contribution in [1.82, 2.24) is 9.97 Å². The molecular weight excluding hydrogens is 322 g/mol. The predicted molar refractivity (Wildman–Crippen MR) is 94.9 cm³/mol. The number of pyridine rings is 1. The summed E-state index contributed by atoms with van der Waals surface area (Å²) in [6.07, 6.45) is 1.66. The van der Waals surface area contributed by atoms with Gasteiger partial charge in [0.05, 0.1) is 0 Å². The summed E-state index contributed by atoms with van der Waals surface area (Å²) in [4.78, 5) is 19.9. The Kier molecular flexibility index (Phi) is 3.59. The summed E-state index contributed by atoms with van der Waals surface area (Å²) in [6.45, 7) is 1.46. The van der Waals surface area contributed by atoms with E-state index in [2.05, 4.69) is 15.3 Å². The van der Waals surface area contributed by atoms with Crippen LogP contribution >= 0.6 is 11.3 Å². The molecule has 0 unspecified atom stereocenters. The minimum absolute atomic E-state index is 0.151. The Bertz CT molecular complexity index is 1000. The van der Waals surface area contributed by atoms with E-state index in [1.807, 2.05) is 47.8 Å². The fourth-order valence-corrected chi connectivity index (χ4v) is 3.25. The molecule has 4 aromatic rings. The zero-order valence-corrected chi connectivity index (χ0v) is 13.6.